The van der Waals surface area contributed by atoms with E-state index < -0.39 is 0 Å². The van der Waals surface area contributed by atoms with Crippen molar-refractivity contribution in [1.82, 2.24) is 0 Å². The largest absolute Gasteiger partial charge is 0.492 e. The zero-order chi connectivity index (χ0) is 14.8. The number of anilines is 1. The Hall–Kier alpha value is -1.20. The Balaban J connectivity index is 1.87. The summed E-state index contributed by atoms with van der Waals surface area (Å²) in [4.78, 5) is 0. The van der Waals surface area contributed by atoms with Gasteiger partial charge in [-0.1, -0.05) is 6.92 Å². The summed E-state index contributed by atoms with van der Waals surface area (Å²) in [6.45, 7) is 4.68. The van der Waals surface area contributed by atoms with E-state index in [-0.39, 0.29) is 11.9 Å². The van der Waals surface area contributed by atoms with Gasteiger partial charge >= 0.3 is 0 Å². The first-order valence-corrected chi connectivity index (χ1v) is 8.86. The van der Waals surface area contributed by atoms with Crippen LogP contribution in [0.4, 0.5) is 10.1 Å². The second-order valence-electron chi connectivity index (χ2n) is 5.10. The minimum absolute atomic E-state index is 0.257. The van der Waals surface area contributed by atoms with Crippen molar-refractivity contribution in [3.8, 4) is 5.75 Å². The molecule has 2 aromatic rings. The van der Waals surface area contributed by atoms with Crippen LogP contribution in [0.5, 0.6) is 5.75 Å². The summed E-state index contributed by atoms with van der Waals surface area (Å²) in [6, 6.07) is 7.12. The molecule has 0 amide bonds. The van der Waals surface area contributed by atoms with Gasteiger partial charge in [-0.05, 0) is 42.5 Å². The first-order chi connectivity index (χ1) is 10.2. The van der Waals surface area contributed by atoms with E-state index in [1.54, 1.807) is 17.4 Å². The Bertz CT molecular complexity index is 628. The zero-order valence-corrected chi connectivity index (χ0v) is 13.7. The predicted octanol–water partition coefficient (Wildman–Crippen LogP) is 5.32. The molecule has 0 fully saturated rings. The number of thiophene rings is 1. The number of hydrogen-bond donors (Lipinski definition) is 1. The summed E-state index contributed by atoms with van der Waals surface area (Å²) < 4.78 is 20.3. The monoisotopic (exact) mass is 323 g/mol. The molecule has 1 N–H and O–H groups in total. The van der Waals surface area contributed by atoms with Crippen LogP contribution < -0.4 is 10.1 Å². The normalized spacial score (nSPS) is 20.9. The Morgan fingerprint density at radius 2 is 2.24 bits per heavy atom. The van der Waals surface area contributed by atoms with E-state index in [4.69, 9.17) is 4.74 Å². The van der Waals surface area contributed by atoms with Crippen molar-refractivity contribution in [2.45, 2.75) is 35.8 Å². The van der Waals surface area contributed by atoms with Gasteiger partial charge in [-0.3, -0.25) is 0 Å². The lowest BCUT2D eigenvalue weighted by molar-refractivity contribution is 0.339. The summed E-state index contributed by atoms with van der Waals surface area (Å²) >= 11 is 3.73. The fraction of sp³-hybridized carbons (Fsp3) is 0.375. The van der Waals surface area contributed by atoms with Crippen LogP contribution in [0.15, 0.2) is 33.9 Å². The molecule has 5 heteroatoms. The summed E-state index contributed by atoms with van der Waals surface area (Å²) in [6.07, 6.45) is 1.05. The van der Waals surface area contributed by atoms with Crippen LogP contribution in [0, 0.1) is 5.82 Å². The van der Waals surface area contributed by atoms with Gasteiger partial charge in [-0.2, -0.15) is 0 Å². The standard InChI is InChI=1S/C16H18FNOS2/c1-3-19-15-9-11(17)4-5-13(15)18-14-8-10(2)21-16-12(14)6-7-20-16/h4-7,9-10,14,18H,3,8H2,1-2H3/t10-,14?/m0/s1. The number of halogens is 1. The van der Waals surface area contributed by atoms with Crippen LogP contribution in [0.1, 0.15) is 31.9 Å². The van der Waals surface area contributed by atoms with Crippen LogP contribution in [-0.2, 0) is 0 Å². The van der Waals surface area contributed by atoms with Crippen molar-refractivity contribution in [2.24, 2.45) is 0 Å². The summed E-state index contributed by atoms with van der Waals surface area (Å²) in [5.74, 6) is 0.313. The Labute approximate surface area is 132 Å². The molecule has 21 heavy (non-hydrogen) atoms. The van der Waals surface area contributed by atoms with Gasteiger partial charge in [0.2, 0.25) is 0 Å². The van der Waals surface area contributed by atoms with Crippen LogP contribution >= 0.6 is 23.1 Å². The van der Waals surface area contributed by atoms with Gasteiger partial charge in [0, 0.05) is 11.3 Å². The lowest BCUT2D eigenvalue weighted by atomic mass is 10.0. The molecular formula is C16H18FNOS2. The molecule has 0 radical (unpaired) electrons. The van der Waals surface area contributed by atoms with Crippen molar-refractivity contribution in [2.75, 3.05) is 11.9 Å². The maximum Gasteiger partial charge on any atom is 0.145 e. The van der Waals surface area contributed by atoms with E-state index in [0.29, 0.717) is 17.6 Å². The number of ether oxygens (including phenoxy) is 1. The molecule has 0 spiro atoms. The number of thioether (sulfide) groups is 1. The predicted molar refractivity (Wildman–Crippen MR) is 88.2 cm³/mol. The van der Waals surface area contributed by atoms with Crippen LogP contribution in [0.3, 0.4) is 0 Å². The number of fused-ring (bicyclic) bond motifs is 1. The summed E-state index contributed by atoms with van der Waals surface area (Å²) in [7, 11) is 0. The second-order valence-corrected chi connectivity index (χ2v) is 7.72. The van der Waals surface area contributed by atoms with Crippen LogP contribution in [-0.4, -0.2) is 11.9 Å². The van der Waals surface area contributed by atoms with Gasteiger partial charge in [0.05, 0.1) is 22.5 Å². The van der Waals surface area contributed by atoms with Gasteiger partial charge in [-0.25, -0.2) is 4.39 Å². The fourth-order valence-corrected chi connectivity index (χ4v) is 5.13. The van der Waals surface area contributed by atoms with Crippen LogP contribution in [0.2, 0.25) is 0 Å². The fourth-order valence-electron chi connectivity index (χ4n) is 2.56. The molecule has 0 saturated carbocycles. The molecular weight excluding hydrogens is 305 g/mol. The van der Waals surface area contributed by atoms with Gasteiger partial charge in [0.25, 0.3) is 0 Å². The number of benzene rings is 1. The lowest BCUT2D eigenvalue weighted by Gasteiger charge is -2.29. The second kappa shape index (κ2) is 6.28. The first kappa shape index (κ1) is 14.7. The molecule has 2 atom stereocenters. The number of rotatable bonds is 4. The molecule has 1 aliphatic rings. The summed E-state index contributed by atoms with van der Waals surface area (Å²) in [5, 5.41) is 6.25. The van der Waals surface area contributed by atoms with E-state index >= 15 is 0 Å². The smallest absolute Gasteiger partial charge is 0.145 e. The molecule has 0 saturated heterocycles. The number of hydrogen-bond acceptors (Lipinski definition) is 4. The molecule has 0 aliphatic carbocycles. The molecule has 112 valence electrons. The molecule has 1 aromatic carbocycles. The van der Waals surface area contributed by atoms with E-state index in [1.807, 2.05) is 18.7 Å². The quantitative estimate of drug-likeness (QED) is 0.822. The topological polar surface area (TPSA) is 21.3 Å². The third kappa shape index (κ3) is 3.19. The Kier molecular flexibility index (Phi) is 4.40. The average Bonchev–Trinajstić information content (AvgIpc) is 2.90. The molecule has 1 aliphatic heterocycles. The maximum atomic E-state index is 13.4. The zero-order valence-electron chi connectivity index (χ0n) is 12.1. The van der Waals surface area contributed by atoms with E-state index in [0.717, 1.165) is 12.1 Å². The SMILES string of the molecule is CCOc1cc(F)ccc1NC1C[C@H](C)Sc2sccc21. The van der Waals surface area contributed by atoms with Gasteiger partial charge < -0.3 is 10.1 Å². The highest BCUT2D eigenvalue weighted by molar-refractivity contribution is 8.01. The minimum atomic E-state index is -0.271. The van der Waals surface area contributed by atoms with Gasteiger partial charge in [0.1, 0.15) is 11.6 Å². The van der Waals surface area contributed by atoms with E-state index in [2.05, 4.69) is 23.7 Å². The number of nitrogens with one attached hydrogen (secondary N) is 1. The average molecular weight is 323 g/mol. The highest BCUT2D eigenvalue weighted by Crippen LogP contribution is 2.45. The van der Waals surface area contributed by atoms with Gasteiger partial charge in [-0.15, -0.1) is 23.1 Å². The van der Waals surface area contributed by atoms with E-state index in [1.165, 1.54) is 21.9 Å². The van der Waals surface area contributed by atoms with Crippen molar-refractivity contribution >= 4 is 28.8 Å². The minimum Gasteiger partial charge on any atom is -0.492 e. The third-order valence-corrected chi connectivity index (χ3v) is 5.83. The Morgan fingerprint density at radius 1 is 1.38 bits per heavy atom. The van der Waals surface area contributed by atoms with Crippen molar-refractivity contribution < 1.29 is 9.13 Å². The molecule has 0 bridgehead atoms. The van der Waals surface area contributed by atoms with Crippen molar-refractivity contribution in [1.29, 1.82) is 0 Å². The molecule has 1 aromatic heterocycles. The van der Waals surface area contributed by atoms with Crippen LogP contribution in [0.25, 0.3) is 0 Å². The molecule has 1 unspecified atom stereocenters. The van der Waals surface area contributed by atoms with Crippen molar-refractivity contribution in [3.05, 3.63) is 41.0 Å². The lowest BCUT2D eigenvalue weighted by Crippen LogP contribution is -2.19. The highest BCUT2D eigenvalue weighted by atomic mass is 32.2. The third-order valence-electron chi connectivity index (χ3n) is 3.48. The van der Waals surface area contributed by atoms with Crippen molar-refractivity contribution in [3.63, 3.8) is 0 Å². The highest BCUT2D eigenvalue weighted by Gasteiger charge is 2.26. The Morgan fingerprint density at radius 3 is 3.05 bits per heavy atom. The molecule has 2 heterocycles. The maximum absolute atomic E-state index is 13.4. The molecule has 3 rings (SSSR count). The summed E-state index contributed by atoms with van der Waals surface area (Å²) in [5.41, 5.74) is 2.20. The van der Waals surface area contributed by atoms with E-state index in [9.17, 15) is 4.39 Å². The van der Waals surface area contributed by atoms with Gasteiger partial charge in [0.15, 0.2) is 0 Å². The molecule has 2 nitrogen and oxygen atoms in total. The first-order valence-electron chi connectivity index (χ1n) is 7.10.